The minimum Gasteiger partial charge on any atom is -0.466 e. The standard InChI is InChI=1S/C16H15F4NO3/c1-7-4-9(8(2)24-7)16(3,23)6-21-15(22)12-13(19)10(17)5-11(18)14(12)20/h4-5,23H,6H2,1-3H3,(H,21,22). The van der Waals surface area contributed by atoms with Gasteiger partial charge in [0, 0.05) is 11.6 Å². The van der Waals surface area contributed by atoms with E-state index in [0.717, 1.165) is 0 Å². The maximum absolute atomic E-state index is 13.6. The molecule has 1 heterocycles. The van der Waals surface area contributed by atoms with Gasteiger partial charge in [0.1, 0.15) is 22.7 Å². The lowest BCUT2D eigenvalue weighted by atomic mass is 9.96. The molecule has 8 heteroatoms. The second kappa shape index (κ2) is 6.27. The molecule has 24 heavy (non-hydrogen) atoms. The summed E-state index contributed by atoms with van der Waals surface area (Å²) < 4.78 is 58.7. The van der Waals surface area contributed by atoms with Crippen LogP contribution in [0.3, 0.4) is 0 Å². The Kier molecular flexibility index (Phi) is 4.70. The Balaban J connectivity index is 2.24. The summed E-state index contributed by atoms with van der Waals surface area (Å²) >= 11 is 0. The predicted molar refractivity (Wildman–Crippen MR) is 76.4 cm³/mol. The van der Waals surface area contributed by atoms with Crippen LogP contribution in [0.1, 0.15) is 34.4 Å². The van der Waals surface area contributed by atoms with Gasteiger partial charge in [0.15, 0.2) is 23.3 Å². The van der Waals surface area contributed by atoms with E-state index >= 15 is 0 Å². The molecule has 2 rings (SSSR count). The molecule has 0 aliphatic carbocycles. The van der Waals surface area contributed by atoms with Crippen LogP contribution >= 0.6 is 0 Å². The highest BCUT2D eigenvalue weighted by Gasteiger charge is 2.30. The van der Waals surface area contributed by atoms with Crippen molar-refractivity contribution < 1.29 is 31.9 Å². The Bertz CT molecular complexity index is 773. The zero-order valence-electron chi connectivity index (χ0n) is 13.1. The number of benzene rings is 1. The molecule has 0 saturated heterocycles. The minimum absolute atomic E-state index is 0.00914. The van der Waals surface area contributed by atoms with Crippen molar-refractivity contribution in [1.29, 1.82) is 0 Å². The van der Waals surface area contributed by atoms with Crippen molar-refractivity contribution in [3.8, 4) is 0 Å². The molecule has 1 aromatic heterocycles. The second-order valence-corrected chi connectivity index (χ2v) is 5.63. The molecular weight excluding hydrogens is 330 g/mol. The van der Waals surface area contributed by atoms with Crippen LogP contribution in [0.4, 0.5) is 17.6 Å². The molecule has 0 fully saturated rings. The number of aliphatic hydroxyl groups is 1. The Hall–Kier alpha value is -2.35. The van der Waals surface area contributed by atoms with Crippen molar-refractivity contribution in [3.63, 3.8) is 0 Å². The van der Waals surface area contributed by atoms with E-state index in [1.54, 1.807) is 19.9 Å². The molecular formula is C16H15F4NO3. The number of hydrogen-bond acceptors (Lipinski definition) is 3. The van der Waals surface area contributed by atoms with E-state index in [4.69, 9.17) is 4.42 Å². The van der Waals surface area contributed by atoms with Gasteiger partial charge in [-0.1, -0.05) is 0 Å². The third-order valence-corrected chi connectivity index (χ3v) is 3.55. The molecule has 130 valence electrons. The topological polar surface area (TPSA) is 62.5 Å². The van der Waals surface area contributed by atoms with Gasteiger partial charge < -0.3 is 14.8 Å². The number of carbonyl (C=O) groups is 1. The van der Waals surface area contributed by atoms with Crippen molar-refractivity contribution >= 4 is 5.91 Å². The van der Waals surface area contributed by atoms with Crippen LogP contribution < -0.4 is 5.32 Å². The minimum atomic E-state index is -1.80. The van der Waals surface area contributed by atoms with E-state index in [-0.39, 0.29) is 6.07 Å². The fourth-order valence-corrected chi connectivity index (χ4v) is 2.37. The molecule has 0 aliphatic rings. The Morgan fingerprint density at radius 2 is 1.71 bits per heavy atom. The number of furan rings is 1. The SMILES string of the molecule is Cc1cc(C(C)(O)CNC(=O)c2c(F)c(F)cc(F)c2F)c(C)o1. The van der Waals surface area contributed by atoms with Gasteiger partial charge in [-0.3, -0.25) is 4.79 Å². The summed E-state index contributed by atoms with van der Waals surface area (Å²) in [6, 6.07) is 1.56. The molecule has 0 bridgehead atoms. The first-order valence-corrected chi connectivity index (χ1v) is 6.95. The average molecular weight is 345 g/mol. The molecule has 2 aromatic rings. The monoisotopic (exact) mass is 345 g/mol. The van der Waals surface area contributed by atoms with Crippen LogP contribution in [0.5, 0.6) is 0 Å². The summed E-state index contributed by atoms with van der Waals surface area (Å²) in [5, 5.41) is 12.5. The van der Waals surface area contributed by atoms with Crippen LogP contribution in [0.25, 0.3) is 0 Å². The van der Waals surface area contributed by atoms with Crippen molar-refractivity contribution in [3.05, 3.63) is 58.0 Å². The zero-order chi connectivity index (χ0) is 18.2. The maximum atomic E-state index is 13.6. The number of amides is 1. The first-order valence-electron chi connectivity index (χ1n) is 6.95. The lowest BCUT2D eigenvalue weighted by molar-refractivity contribution is 0.0511. The summed E-state index contributed by atoms with van der Waals surface area (Å²) in [5.74, 6) is -7.44. The van der Waals surface area contributed by atoms with Gasteiger partial charge in [-0.05, 0) is 26.8 Å². The summed E-state index contributed by atoms with van der Waals surface area (Å²) in [6.07, 6.45) is 0. The van der Waals surface area contributed by atoms with E-state index in [1.165, 1.54) is 6.92 Å². The predicted octanol–water partition coefficient (Wildman–Crippen LogP) is 3.09. The van der Waals surface area contributed by atoms with Gasteiger partial charge in [-0.25, -0.2) is 17.6 Å². The fraction of sp³-hybridized carbons (Fsp3) is 0.312. The average Bonchev–Trinajstić information content (AvgIpc) is 2.83. The number of rotatable bonds is 4. The fourth-order valence-electron chi connectivity index (χ4n) is 2.37. The Labute approximate surface area is 135 Å². The summed E-state index contributed by atoms with van der Waals surface area (Å²) in [7, 11) is 0. The van der Waals surface area contributed by atoms with Crippen LogP contribution in [0.2, 0.25) is 0 Å². The molecule has 1 atom stereocenters. The lowest BCUT2D eigenvalue weighted by Crippen LogP contribution is -2.39. The molecule has 1 aromatic carbocycles. The van der Waals surface area contributed by atoms with E-state index < -0.39 is 46.9 Å². The molecule has 0 saturated carbocycles. The van der Waals surface area contributed by atoms with Gasteiger partial charge in [-0.2, -0.15) is 0 Å². The van der Waals surface area contributed by atoms with Gasteiger partial charge in [-0.15, -0.1) is 0 Å². The normalized spacial score (nSPS) is 13.7. The Morgan fingerprint density at radius 3 is 2.17 bits per heavy atom. The number of halogens is 4. The molecule has 2 N–H and O–H groups in total. The van der Waals surface area contributed by atoms with Crippen molar-refractivity contribution in [2.45, 2.75) is 26.4 Å². The quantitative estimate of drug-likeness (QED) is 0.661. The highest BCUT2D eigenvalue weighted by Crippen LogP contribution is 2.27. The third kappa shape index (κ3) is 3.28. The van der Waals surface area contributed by atoms with Gasteiger partial charge in [0.05, 0.1) is 6.54 Å². The second-order valence-electron chi connectivity index (χ2n) is 5.63. The number of carbonyl (C=O) groups excluding carboxylic acids is 1. The van der Waals surface area contributed by atoms with Crippen molar-refractivity contribution in [1.82, 2.24) is 5.32 Å². The first kappa shape index (κ1) is 18.0. The molecule has 1 unspecified atom stereocenters. The van der Waals surface area contributed by atoms with E-state index in [2.05, 4.69) is 5.32 Å². The van der Waals surface area contributed by atoms with Gasteiger partial charge in [0.2, 0.25) is 0 Å². The molecule has 4 nitrogen and oxygen atoms in total. The third-order valence-electron chi connectivity index (χ3n) is 3.55. The number of hydrogen-bond donors (Lipinski definition) is 2. The highest BCUT2D eigenvalue weighted by atomic mass is 19.2. The zero-order valence-corrected chi connectivity index (χ0v) is 13.1. The number of aryl methyl sites for hydroxylation is 2. The summed E-state index contributed by atoms with van der Waals surface area (Å²) in [6.45, 7) is 4.15. The lowest BCUT2D eigenvalue weighted by Gasteiger charge is -2.23. The van der Waals surface area contributed by atoms with Crippen LogP contribution in [-0.4, -0.2) is 17.6 Å². The van der Waals surface area contributed by atoms with Crippen molar-refractivity contribution in [2.75, 3.05) is 6.54 Å². The molecule has 0 aliphatic heterocycles. The van der Waals surface area contributed by atoms with Crippen molar-refractivity contribution in [2.24, 2.45) is 0 Å². The van der Waals surface area contributed by atoms with Gasteiger partial charge in [0.25, 0.3) is 5.91 Å². The smallest absolute Gasteiger partial charge is 0.257 e. The van der Waals surface area contributed by atoms with Crippen LogP contribution in [0.15, 0.2) is 16.5 Å². The molecule has 0 spiro atoms. The molecule has 1 amide bonds. The van der Waals surface area contributed by atoms with Crippen LogP contribution in [0, 0.1) is 37.1 Å². The Morgan fingerprint density at radius 1 is 1.17 bits per heavy atom. The molecule has 0 radical (unpaired) electrons. The van der Waals surface area contributed by atoms with E-state index in [0.29, 0.717) is 17.1 Å². The maximum Gasteiger partial charge on any atom is 0.257 e. The van der Waals surface area contributed by atoms with Gasteiger partial charge >= 0.3 is 0 Å². The largest absolute Gasteiger partial charge is 0.466 e. The number of nitrogens with one attached hydrogen (secondary N) is 1. The van der Waals surface area contributed by atoms with E-state index in [1.807, 2.05) is 0 Å². The van der Waals surface area contributed by atoms with Crippen LogP contribution in [-0.2, 0) is 5.60 Å². The summed E-state index contributed by atoms with van der Waals surface area (Å²) in [4.78, 5) is 11.9. The van der Waals surface area contributed by atoms with E-state index in [9.17, 15) is 27.5 Å². The highest BCUT2D eigenvalue weighted by molar-refractivity contribution is 5.94. The summed E-state index contributed by atoms with van der Waals surface area (Å²) in [5.41, 5.74) is -2.63. The first-order chi connectivity index (χ1) is 11.0.